The summed E-state index contributed by atoms with van der Waals surface area (Å²) in [6, 6.07) is 15.0. The van der Waals surface area contributed by atoms with Gasteiger partial charge in [0.1, 0.15) is 23.0 Å². The number of aromatic nitrogens is 2. The number of methoxy groups -OCH3 is 2. The quantitative estimate of drug-likeness (QED) is 0.170. The van der Waals surface area contributed by atoms with Crippen LogP contribution >= 0.6 is 23.2 Å². The number of halogens is 4. The second kappa shape index (κ2) is 21.8. The van der Waals surface area contributed by atoms with Gasteiger partial charge >= 0.3 is 18.0 Å². The minimum atomic E-state index is -0.542. The van der Waals surface area contributed by atoms with Crippen LogP contribution in [-0.2, 0) is 22.6 Å². The molecule has 0 atom stereocenters. The number of nitrogens with zero attached hydrogens (tertiary/aromatic N) is 4. The summed E-state index contributed by atoms with van der Waals surface area (Å²) < 4.78 is 35.8. The number of carbonyl (C=O) groups is 3. The maximum atomic E-state index is 13.6. The minimum absolute atomic E-state index is 0.0480. The lowest BCUT2D eigenvalue weighted by Crippen LogP contribution is -2.45. The normalized spacial score (nSPS) is 13.6. The van der Waals surface area contributed by atoms with Gasteiger partial charge in [-0.3, -0.25) is 4.90 Å². The molecule has 2 aromatic heterocycles. The molecule has 4 aromatic rings. The molecule has 0 radical (unpaired) electrons. The number of rotatable bonds is 8. The summed E-state index contributed by atoms with van der Waals surface area (Å²) in [5.74, 6) is -2.01. The van der Waals surface area contributed by atoms with Crippen LogP contribution in [0, 0.1) is 11.6 Å². The Labute approximate surface area is 324 Å². The van der Waals surface area contributed by atoms with Crippen LogP contribution in [0.3, 0.4) is 0 Å². The number of likely N-dealkylation sites (tertiary alicyclic amines) is 1. The number of hydrogen-bond acceptors (Lipinski definition) is 9. The van der Waals surface area contributed by atoms with Crippen molar-refractivity contribution in [1.82, 2.24) is 20.2 Å². The number of urea groups is 1. The molecule has 15 heteroatoms. The van der Waals surface area contributed by atoms with Gasteiger partial charge in [-0.15, -0.1) is 0 Å². The summed E-state index contributed by atoms with van der Waals surface area (Å²) in [5.41, 5.74) is 3.23. The number of anilines is 2. The zero-order chi connectivity index (χ0) is 38.9. The number of ether oxygens (including phenoxy) is 2. The molecule has 2 aromatic carbocycles. The molecule has 2 N–H and O–H groups in total. The molecule has 11 nitrogen and oxygen atoms in total. The maximum Gasteiger partial charge on any atom is 0.356 e. The van der Waals surface area contributed by atoms with E-state index in [9.17, 15) is 23.2 Å². The second-order valence-corrected chi connectivity index (χ2v) is 13.2. The van der Waals surface area contributed by atoms with Crippen LogP contribution in [0.5, 0.6) is 0 Å². The minimum Gasteiger partial charge on any atom is -0.464 e. The van der Waals surface area contributed by atoms with Gasteiger partial charge in [0.25, 0.3) is 0 Å². The lowest BCUT2D eigenvalue weighted by atomic mass is 10.1. The molecule has 2 saturated heterocycles. The number of hydrogen-bond donors (Lipinski definition) is 2. The zero-order valence-electron chi connectivity index (χ0n) is 30.3. The predicted molar refractivity (Wildman–Crippen MR) is 205 cm³/mol. The van der Waals surface area contributed by atoms with Gasteiger partial charge in [0.2, 0.25) is 0 Å². The van der Waals surface area contributed by atoms with Crippen molar-refractivity contribution in [2.45, 2.75) is 51.6 Å². The number of amides is 2. The molecular weight excluding hydrogens is 741 g/mol. The van der Waals surface area contributed by atoms with E-state index < -0.39 is 23.6 Å². The van der Waals surface area contributed by atoms with E-state index >= 15 is 0 Å². The first-order chi connectivity index (χ1) is 26.1. The predicted octanol–water partition coefficient (Wildman–Crippen LogP) is 8.31. The monoisotopic (exact) mass is 784 g/mol. The van der Waals surface area contributed by atoms with Crippen LogP contribution in [0.25, 0.3) is 0 Å². The largest absolute Gasteiger partial charge is 0.464 e. The Morgan fingerprint density at radius 3 is 1.80 bits per heavy atom. The highest BCUT2D eigenvalue weighted by molar-refractivity contribution is 6.31. The Morgan fingerprint density at radius 1 is 0.759 bits per heavy atom. The fourth-order valence-corrected chi connectivity index (χ4v) is 5.83. The van der Waals surface area contributed by atoms with Gasteiger partial charge in [0, 0.05) is 43.4 Å². The Bertz CT molecular complexity index is 1810. The summed E-state index contributed by atoms with van der Waals surface area (Å²) in [6.45, 7) is 4.57. The average molecular weight is 786 g/mol. The summed E-state index contributed by atoms with van der Waals surface area (Å²) >= 11 is 11.6. The van der Waals surface area contributed by atoms with E-state index in [0.29, 0.717) is 31.0 Å². The molecule has 2 aliphatic heterocycles. The molecule has 2 fully saturated rings. The number of carbonyl (C=O) groups excluding carboxylic acids is 3. The molecule has 0 bridgehead atoms. The van der Waals surface area contributed by atoms with Gasteiger partial charge in [0.15, 0.2) is 0 Å². The van der Waals surface area contributed by atoms with Gasteiger partial charge in [-0.25, -0.2) is 33.1 Å². The van der Waals surface area contributed by atoms with E-state index in [1.807, 2.05) is 0 Å². The fraction of sp³-hybridized carbons (Fsp3) is 0.359. The fourth-order valence-electron chi connectivity index (χ4n) is 5.47. The number of nitrogens with one attached hydrogen (secondary N) is 2. The third-order valence-electron chi connectivity index (χ3n) is 8.47. The van der Waals surface area contributed by atoms with Gasteiger partial charge in [-0.05, 0) is 105 Å². The summed E-state index contributed by atoms with van der Waals surface area (Å²) in [4.78, 5) is 47.3. The molecule has 6 rings (SSSR count). The van der Waals surface area contributed by atoms with Crippen molar-refractivity contribution >= 4 is 52.5 Å². The highest BCUT2D eigenvalue weighted by Gasteiger charge is 2.25. The van der Waals surface area contributed by atoms with E-state index in [0.717, 1.165) is 30.4 Å². The first kappa shape index (κ1) is 41.9. The molecule has 0 saturated carbocycles. The third kappa shape index (κ3) is 12.9. The van der Waals surface area contributed by atoms with Crippen LogP contribution in [-0.4, -0.2) is 73.2 Å². The lowest BCUT2D eigenvalue weighted by molar-refractivity contribution is 0.0585. The van der Waals surface area contributed by atoms with Gasteiger partial charge in [-0.1, -0.05) is 41.8 Å². The van der Waals surface area contributed by atoms with E-state index in [2.05, 4.69) is 30.1 Å². The smallest absolute Gasteiger partial charge is 0.356 e. The van der Waals surface area contributed by atoms with Crippen LogP contribution < -0.4 is 15.5 Å². The van der Waals surface area contributed by atoms with Crippen molar-refractivity contribution < 1.29 is 32.6 Å². The van der Waals surface area contributed by atoms with Crippen molar-refractivity contribution in [3.05, 3.63) is 117 Å². The number of pyridine rings is 2. The van der Waals surface area contributed by atoms with Crippen molar-refractivity contribution in [3.8, 4) is 0 Å². The first-order valence-electron chi connectivity index (χ1n) is 17.6. The molecule has 4 heterocycles. The summed E-state index contributed by atoms with van der Waals surface area (Å²) in [5, 5.41) is 6.39. The van der Waals surface area contributed by atoms with Crippen molar-refractivity contribution in [1.29, 1.82) is 0 Å². The molecule has 2 aliphatic rings. The average Bonchev–Trinajstić information content (AvgIpc) is 3.22. The van der Waals surface area contributed by atoms with Gasteiger partial charge in [0.05, 0.1) is 30.8 Å². The van der Waals surface area contributed by atoms with Crippen LogP contribution in [0.1, 0.15) is 70.6 Å². The Hall–Kier alpha value is -4.85. The molecule has 0 unspecified atom stereocenters. The van der Waals surface area contributed by atoms with Gasteiger partial charge in [-0.2, -0.15) is 0 Å². The second-order valence-electron chi connectivity index (χ2n) is 12.4. The SMILES string of the molecule is C1CCNCC1.COC(=O)c1ccc(CN(C(=O)N2CCCCC2)c2ccc(F)c(Cl)c2)cn1.COC(=O)c1ccc(CNc2ccc(F)c(Cl)c2)cn1. The Balaban J connectivity index is 0.000000216. The zero-order valence-corrected chi connectivity index (χ0v) is 31.8. The van der Waals surface area contributed by atoms with Crippen LogP contribution in [0.2, 0.25) is 10.0 Å². The highest BCUT2D eigenvalue weighted by Crippen LogP contribution is 2.26. The molecular formula is C39H44Cl2F2N6O5. The molecule has 0 spiro atoms. The third-order valence-corrected chi connectivity index (χ3v) is 9.05. The van der Waals surface area contributed by atoms with E-state index in [1.54, 1.807) is 46.3 Å². The summed E-state index contributed by atoms with van der Waals surface area (Å²) in [7, 11) is 2.59. The maximum absolute atomic E-state index is 13.6. The molecule has 0 aliphatic carbocycles. The lowest BCUT2D eigenvalue weighted by Gasteiger charge is -2.33. The van der Waals surface area contributed by atoms with Crippen molar-refractivity contribution in [3.63, 3.8) is 0 Å². The number of piperidine rings is 2. The Kier molecular flexibility index (Phi) is 16.9. The van der Waals surface area contributed by atoms with E-state index in [1.165, 1.54) is 83.1 Å². The van der Waals surface area contributed by atoms with Gasteiger partial charge < -0.3 is 25.0 Å². The highest BCUT2D eigenvalue weighted by atomic mass is 35.5. The standard InChI is InChI=1S/C20H21ClFN3O3.C14H12ClFN2O2.C5H11N/c1-28-19(26)18-8-5-14(12-23-18)13-25(15-6-7-17(22)16(21)11-15)20(27)24-9-3-2-4-10-24;1-20-14(19)13-5-2-9(8-18-13)7-17-10-3-4-12(16)11(15)6-10;1-2-4-6-5-3-1/h5-8,11-12H,2-4,9-10,13H2,1H3;2-6,8,17H,7H2,1H3;6H,1-5H2. The first-order valence-corrected chi connectivity index (χ1v) is 18.3. The van der Waals surface area contributed by atoms with Crippen LogP contribution in [0.4, 0.5) is 25.0 Å². The topological polar surface area (TPSA) is 126 Å². The Morgan fingerprint density at radius 2 is 1.31 bits per heavy atom. The summed E-state index contributed by atoms with van der Waals surface area (Å²) in [6.07, 6.45) is 10.3. The number of esters is 2. The van der Waals surface area contributed by atoms with Crippen molar-refractivity contribution in [2.75, 3.05) is 50.6 Å². The molecule has 2 amide bonds. The van der Waals surface area contributed by atoms with Crippen LogP contribution in [0.15, 0.2) is 73.1 Å². The molecule has 54 heavy (non-hydrogen) atoms. The van der Waals surface area contributed by atoms with Crippen molar-refractivity contribution in [2.24, 2.45) is 0 Å². The van der Waals surface area contributed by atoms with E-state index in [-0.39, 0.29) is 34.0 Å². The molecule has 288 valence electrons. The number of benzene rings is 2. The van der Waals surface area contributed by atoms with E-state index in [4.69, 9.17) is 23.2 Å².